The number of rotatable bonds is 3. The number of halogens is 2. The third-order valence-electron chi connectivity index (χ3n) is 2.27. The molecular weight excluding hydrogens is 282 g/mol. The van der Waals surface area contributed by atoms with Crippen LogP contribution in [-0.4, -0.2) is 16.3 Å². The second kappa shape index (κ2) is 6.67. The fourth-order valence-electron chi connectivity index (χ4n) is 1.36. The predicted molar refractivity (Wildman–Crippen MR) is 77.5 cm³/mol. The number of pyridine rings is 1. The Morgan fingerprint density at radius 1 is 1.20 bits per heavy atom. The van der Waals surface area contributed by atoms with Crippen LogP contribution in [0.15, 0.2) is 47.8 Å². The molecule has 0 spiro atoms. The standard InChI is InChI=1S/C13H10F2N4S/c14-10-1-2-12(11(15)7-10)18-13(20)19-17-8-9-3-5-16-6-4-9/h1-8H,(H2,18,19,20)/b17-8+. The molecule has 102 valence electrons. The summed E-state index contributed by atoms with van der Waals surface area (Å²) in [5, 5.41) is 6.56. The molecule has 0 aliphatic rings. The Balaban J connectivity index is 1.91. The highest BCUT2D eigenvalue weighted by Gasteiger charge is 2.04. The maximum atomic E-state index is 13.4. The van der Waals surface area contributed by atoms with Gasteiger partial charge in [-0.1, -0.05) is 0 Å². The first kappa shape index (κ1) is 14.0. The summed E-state index contributed by atoms with van der Waals surface area (Å²) in [4.78, 5) is 3.87. The van der Waals surface area contributed by atoms with Gasteiger partial charge in [0, 0.05) is 18.5 Å². The lowest BCUT2D eigenvalue weighted by Gasteiger charge is -2.07. The summed E-state index contributed by atoms with van der Waals surface area (Å²) in [6.07, 6.45) is 4.80. The van der Waals surface area contributed by atoms with Crippen LogP contribution < -0.4 is 10.7 Å². The molecule has 0 fully saturated rings. The topological polar surface area (TPSA) is 49.3 Å². The van der Waals surface area contributed by atoms with Crippen LogP contribution >= 0.6 is 12.2 Å². The highest BCUT2D eigenvalue weighted by Crippen LogP contribution is 2.14. The largest absolute Gasteiger partial charge is 0.329 e. The summed E-state index contributed by atoms with van der Waals surface area (Å²) in [6.45, 7) is 0. The quantitative estimate of drug-likeness (QED) is 0.519. The van der Waals surface area contributed by atoms with Gasteiger partial charge in [0.05, 0.1) is 11.9 Å². The van der Waals surface area contributed by atoms with Crippen molar-refractivity contribution in [2.24, 2.45) is 5.10 Å². The SMILES string of the molecule is Fc1ccc(NC(=S)N/N=C/c2ccncc2)c(F)c1. The van der Waals surface area contributed by atoms with Crippen LogP contribution in [-0.2, 0) is 0 Å². The highest BCUT2D eigenvalue weighted by molar-refractivity contribution is 7.80. The molecule has 1 aromatic heterocycles. The Labute approximate surface area is 119 Å². The molecule has 0 amide bonds. The van der Waals surface area contributed by atoms with E-state index in [2.05, 4.69) is 20.8 Å². The monoisotopic (exact) mass is 292 g/mol. The van der Waals surface area contributed by atoms with Crippen molar-refractivity contribution in [3.8, 4) is 0 Å². The van der Waals surface area contributed by atoms with Gasteiger partial charge in [-0.05, 0) is 42.0 Å². The lowest BCUT2D eigenvalue weighted by Crippen LogP contribution is -2.24. The van der Waals surface area contributed by atoms with Gasteiger partial charge >= 0.3 is 0 Å². The van der Waals surface area contributed by atoms with E-state index >= 15 is 0 Å². The summed E-state index contributed by atoms with van der Waals surface area (Å²) >= 11 is 4.94. The minimum absolute atomic E-state index is 0.0722. The van der Waals surface area contributed by atoms with Crippen molar-refractivity contribution < 1.29 is 8.78 Å². The number of hydrogen-bond acceptors (Lipinski definition) is 3. The lowest BCUT2D eigenvalue weighted by atomic mass is 10.3. The molecule has 0 aliphatic heterocycles. The normalized spacial score (nSPS) is 10.5. The van der Waals surface area contributed by atoms with Gasteiger partial charge < -0.3 is 5.32 Å². The van der Waals surface area contributed by atoms with E-state index in [1.165, 1.54) is 12.3 Å². The Bertz CT molecular complexity index is 632. The lowest BCUT2D eigenvalue weighted by molar-refractivity contribution is 0.586. The second-order valence-electron chi connectivity index (χ2n) is 3.73. The molecule has 0 aliphatic carbocycles. The van der Waals surface area contributed by atoms with Gasteiger partial charge in [-0.3, -0.25) is 10.4 Å². The third-order valence-corrected chi connectivity index (χ3v) is 2.46. The molecule has 0 bridgehead atoms. The Morgan fingerprint density at radius 2 is 1.95 bits per heavy atom. The fraction of sp³-hybridized carbons (Fsp3) is 0. The Morgan fingerprint density at radius 3 is 2.65 bits per heavy atom. The van der Waals surface area contributed by atoms with E-state index in [9.17, 15) is 8.78 Å². The van der Waals surface area contributed by atoms with E-state index in [4.69, 9.17) is 12.2 Å². The smallest absolute Gasteiger partial charge is 0.191 e. The Hall–Kier alpha value is -2.41. The molecular formula is C13H10F2N4S. The van der Waals surface area contributed by atoms with Crippen molar-refractivity contribution in [3.05, 3.63) is 59.9 Å². The van der Waals surface area contributed by atoms with Crippen molar-refractivity contribution in [1.82, 2.24) is 10.4 Å². The zero-order chi connectivity index (χ0) is 14.4. The van der Waals surface area contributed by atoms with Gasteiger partial charge in [0.25, 0.3) is 0 Å². The van der Waals surface area contributed by atoms with Crippen LogP contribution in [0.2, 0.25) is 0 Å². The van der Waals surface area contributed by atoms with Crippen LogP contribution in [0.25, 0.3) is 0 Å². The molecule has 0 unspecified atom stereocenters. The maximum Gasteiger partial charge on any atom is 0.191 e. The number of nitrogens with one attached hydrogen (secondary N) is 2. The summed E-state index contributed by atoms with van der Waals surface area (Å²) < 4.78 is 26.1. The van der Waals surface area contributed by atoms with E-state index in [0.29, 0.717) is 0 Å². The third kappa shape index (κ3) is 4.06. The molecule has 7 heteroatoms. The van der Waals surface area contributed by atoms with Gasteiger partial charge in [0.2, 0.25) is 0 Å². The second-order valence-corrected chi connectivity index (χ2v) is 4.14. The molecule has 1 heterocycles. The van der Waals surface area contributed by atoms with Crippen LogP contribution in [0, 0.1) is 11.6 Å². The predicted octanol–water partition coefficient (Wildman–Crippen LogP) is 2.68. The van der Waals surface area contributed by atoms with Crippen molar-refractivity contribution in [2.45, 2.75) is 0 Å². The first-order chi connectivity index (χ1) is 9.65. The molecule has 1 aromatic carbocycles. The van der Waals surface area contributed by atoms with Gasteiger partial charge in [-0.15, -0.1) is 0 Å². The van der Waals surface area contributed by atoms with Gasteiger partial charge in [0.15, 0.2) is 5.11 Å². The first-order valence-corrected chi connectivity index (χ1v) is 6.01. The van der Waals surface area contributed by atoms with Crippen LogP contribution in [0.1, 0.15) is 5.56 Å². The molecule has 20 heavy (non-hydrogen) atoms. The molecule has 4 nitrogen and oxygen atoms in total. The van der Waals surface area contributed by atoms with E-state index in [0.717, 1.165) is 17.7 Å². The van der Waals surface area contributed by atoms with Gasteiger partial charge in [-0.25, -0.2) is 8.78 Å². The number of anilines is 1. The summed E-state index contributed by atoms with van der Waals surface area (Å²) in [5.41, 5.74) is 3.44. The minimum atomic E-state index is -0.729. The Kier molecular flexibility index (Phi) is 4.67. The average molecular weight is 292 g/mol. The van der Waals surface area contributed by atoms with Gasteiger partial charge in [-0.2, -0.15) is 5.10 Å². The van der Waals surface area contributed by atoms with E-state index in [1.807, 2.05) is 0 Å². The van der Waals surface area contributed by atoms with Crippen LogP contribution in [0.5, 0.6) is 0 Å². The summed E-state index contributed by atoms with van der Waals surface area (Å²) in [6, 6.07) is 6.69. The van der Waals surface area contributed by atoms with E-state index in [1.54, 1.807) is 24.5 Å². The van der Waals surface area contributed by atoms with Crippen LogP contribution in [0.3, 0.4) is 0 Å². The molecule has 0 saturated heterocycles. The zero-order valence-corrected chi connectivity index (χ0v) is 11.0. The number of hydrogen-bond donors (Lipinski definition) is 2. The van der Waals surface area contributed by atoms with Crippen molar-refractivity contribution in [3.63, 3.8) is 0 Å². The maximum absolute atomic E-state index is 13.4. The molecule has 2 N–H and O–H groups in total. The molecule has 0 radical (unpaired) electrons. The molecule has 2 rings (SSSR count). The number of nitrogens with zero attached hydrogens (tertiary/aromatic N) is 2. The molecule has 0 atom stereocenters. The minimum Gasteiger partial charge on any atom is -0.329 e. The average Bonchev–Trinajstić information content (AvgIpc) is 2.43. The van der Waals surface area contributed by atoms with Crippen molar-refractivity contribution in [2.75, 3.05) is 5.32 Å². The van der Waals surface area contributed by atoms with Crippen molar-refractivity contribution in [1.29, 1.82) is 0 Å². The fourth-order valence-corrected chi connectivity index (χ4v) is 1.52. The van der Waals surface area contributed by atoms with Crippen molar-refractivity contribution >= 4 is 29.2 Å². The van der Waals surface area contributed by atoms with E-state index in [-0.39, 0.29) is 10.8 Å². The number of aromatic nitrogens is 1. The summed E-state index contributed by atoms with van der Waals surface area (Å²) in [5.74, 6) is -1.38. The molecule has 2 aromatic rings. The molecule has 0 saturated carbocycles. The van der Waals surface area contributed by atoms with Crippen LogP contribution in [0.4, 0.5) is 14.5 Å². The van der Waals surface area contributed by atoms with E-state index < -0.39 is 11.6 Å². The summed E-state index contributed by atoms with van der Waals surface area (Å²) in [7, 11) is 0. The zero-order valence-electron chi connectivity index (χ0n) is 10.2. The first-order valence-electron chi connectivity index (χ1n) is 5.60. The number of hydrazone groups is 1. The number of thiocarbonyl (C=S) groups is 1. The van der Waals surface area contributed by atoms with Gasteiger partial charge in [0.1, 0.15) is 11.6 Å². The highest BCUT2D eigenvalue weighted by atomic mass is 32.1. The number of benzene rings is 1.